The van der Waals surface area contributed by atoms with Gasteiger partial charge in [-0.25, -0.2) is 0 Å². The van der Waals surface area contributed by atoms with E-state index in [1.807, 2.05) is 21.1 Å². The lowest BCUT2D eigenvalue weighted by Gasteiger charge is -2.35. The van der Waals surface area contributed by atoms with Crippen LogP contribution in [0.15, 0.2) is 0 Å². The zero-order valence-corrected chi connectivity index (χ0v) is 9.58. The van der Waals surface area contributed by atoms with Crippen LogP contribution in [0.4, 0.5) is 0 Å². The molecule has 0 saturated carbocycles. The quantitative estimate of drug-likeness (QED) is 0.331. The Balaban J connectivity index is 4.02. The second-order valence-corrected chi connectivity index (χ2v) is 4.29. The first kappa shape index (κ1) is 10.1. The lowest BCUT2D eigenvalue weighted by molar-refractivity contribution is 0.335. The second-order valence-electron chi connectivity index (χ2n) is 2.71. The van der Waals surface area contributed by atoms with Crippen LogP contribution < -0.4 is 16.0 Å². The zero-order chi connectivity index (χ0) is 8.20. The van der Waals surface area contributed by atoms with E-state index in [0.29, 0.717) is 6.04 Å². The highest BCUT2D eigenvalue weighted by atomic mass is 28.1. The van der Waals surface area contributed by atoms with Gasteiger partial charge in [0.25, 0.3) is 0 Å². The maximum absolute atomic E-state index is 3.27. The van der Waals surface area contributed by atoms with Crippen LogP contribution in [0.3, 0.4) is 0 Å². The largest absolute Gasteiger partial charge is 0.315 e. The molecule has 0 radical (unpaired) electrons. The van der Waals surface area contributed by atoms with Crippen LogP contribution in [0.2, 0.25) is 0 Å². The van der Waals surface area contributed by atoms with E-state index in [2.05, 4.69) is 22.9 Å². The summed E-state index contributed by atoms with van der Waals surface area (Å²) in [5, 5.41) is 9.87. The zero-order valence-electron chi connectivity index (χ0n) is 7.58. The maximum Gasteiger partial charge on any atom is 0.0617 e. The predicted molar refractivity (Wildman–Crippen MR) is 49.3 cm³/mol. The molecule has 0 heterocycles. The fourth-order valence-corrected chi connectivity index (χ4v) is 1.14. The van der Waals surface area contributed by atoms with Crippen molar-refractivity contribution in [3.8, 4) is 0 Å². The molecule has 10 heavy (non-hydrogen) atoms. The Morgan fingerprint density at radius 3 is 1.70 bits per heavy atom. The van der Waals surface area contributed by atoms with Crippen LogP contribution >= 0.6 is 0 Å². The number of rotatable bonds is 4. The van der Waals surface area contributed by atoms with E-state index in [1.54, 1.807) is 0 Å². The summed E-state index contributed by atoms with van der Waals surface area (Å²) in [6, 6.07) is 0.467. The highest BCUT2D eigenvalue weighted by Gasteiger charge is 2.24. The maximum atomic E-state index is 3.27. The Hall–Kier alpha value is 0.0969. The summed E-state index contributed by atoms with van der Waals surface area (Å²) in [4.78, 5) is 0. The molecular formula is C6H19N3Si. The van der Waals surface area contributed by atoms with E-state index >= 15 is 0 Å². The van der Waals surface area contributed by atoms with Crippen molar-refractivity contribution < 1.29 is 0 Å². The number of hydrogen-bond donors (Lipinski definition) is 3. The Kier molecular flexibility index (Phi) is 4.11. The van der Waals surface area contributed by atoms with E-state index in [1.165, 1.54) is 0 Å². The van der Waals surface area contributed by atoms with Crippen LogP contribution in [-0.4, -0.2) is 42.7 Å². The second kappa shape index (κ2) is 4.08. The van der Waals surface area contributed by atoms with Gasteiger partial charge in [-0.05, 0) is 28.1 Å². The number of likely N-dealkylation sites (N-methyl/N-ethyl adjacent to an activating group) is 3. The van der Waals surface area contributed by atoms with Crippen molar-refractivity contribution in [3.05, 3.63) is 0 Å². The van der Waals surface area contributed by atoms with E-state index < -0.39 is 0 Å². The standard InChI is InChI=1S/C6H19N3Si/c1-5(7-2)6(10,8-3)9-4/h5,7-9H,1-4,10H3. The Bertz CT molecular complexity index is 93.0. The molecule has 3 N–H and O–H groups in total. The number of hydrogen-bond acceptors (Lipinski definition) is 3. The van der Waals surface area contributed by atoms with Crippen molar-refractivity contribution in [2.45, 2.75) is 18.3 Å². The van der Waals surface area contributed by atoms with Gasteiger partial charge in [-0.15, -0.1) is 0 Å². The summed E-state index contributed by atoms with van der Waals surface area (Å²) in [5.74, 6) is 0. The van der Waals surface area contributed by atoms with Crippen LogP contribution in [0.25, 0.3) is 0 Å². The summed E-state index contributed by atoms with van der Waals surface area (Å²) in [6.45, 7) is 2.17. The lowest BCUT2D eigenvalue weighted by atomic mass is 10.2. The van der Waals surface area contributed by atoms with Gasteiger partial charge in [0.1, 0.15) is 0 Å². The van der Waals surface area contributed by atoms with Crippen molar-refractivity contribution in [3.63, 3.8) is 0 Å². The normalized spacial score (nSPS) is 15.6. The molecule has 0 aromatic rings. The summed E-state index contributed by atoms with van der Waals surface area (Å²) >= 11 is 0. The third-order valence-corrected chi connectivity index (χ3v) is 4.20. The van der Waals surface area contributed by atoms with E-state index in [9.17, 15) is 0 Å². The molecule has 0 spiro atoms. The van der Waals surface area contributed by atoms with Gasteiger partial charge >= 0.3 is 0 Å². The van der Waals surface area contributed by atoms with Crippen LogP contribution in [0.5, 0.6) is 0 Å². The smallest absolute Gasteiger partial charge is 0.0617 e. The summed E-state index contributed by atoms with van der Waals surface area (Å²) in [7, 11) is 7.02. The molecule has 0 aliphatic rings. The Morgan fingerprint density at radius 1 is 1.20 bits per heavy atom. The average Bonchev–Trinajstić information content (AvgIpc) is 2.01. The first-order valence-electron chi connectivity index (χ1n) is 3.65. The van der Waals surface area contributed by atoms with Crippen LogP contribution in [0.1, 0.15) is 6.92 Å². The topological polar surface area (TPSA) is 36.1 Å². The summed E-state index contributed by atoms with van der Waals surface area (Å²) in [5.41, 5.74) is 0. The van der Waals surface area contributed by atoms with Crippen molar-refractivity contribution in [1.82, 2.24) is 16.0 Å². The molecule has 0 aromatic carbocycles. The van der Waals surface area contributed by atoms with Crippen molar-refractivity contribution >= 4 is 10.2 Å². The molecule has 0 bridgehead atoms. The van der Waals surface area contributed by atoms with Gasteiger partial charge in [0.05, 0.1) is 5.29 Å². The highest BCUT2D eigenvalue weighted by molar-refractivity contribution is 6.15. The molecule has 1 unspecified atom stereocenters. The van der Waals surface area contributed by atoms with E-state index in [0.717, 1.165) is 10.2 Å². The minimum absolute atomic E-state index is 0.120. The lowest BCUT2D eigenvalue weighted by Crippen LogP contribution is -2.65. The monoisotopic (exact) mass is 161 g/mol. The molecule has 4 heteroatoms. The first-order chi connectivity index (χ1) is 4.60. The van der Waals surface area contributed by atoms with Gasteiger partial charge in [0.15, 0.2) is 0 Å². The van der Waals surface area contributed by atoms with Gasteiger partial charge in [0, 0.05) is 16.3 Å². The minimum atomic E-state index is 0.120. The van der Waals surface area contributed by atoms with Gasteiger partial charge in [-0.1, -0.05) is 0 Å². The third-order valence-electron chi connectivity index (χ3n) is 2.34. The van der Waals surface area contributed by atoms with Crippen molar-refractivity contribution in [1.29, 1.82) is 0 Å². The number of nitrogens with one attached hydrogen (secondary N) is 3. The minimum Gasteiger partial charge on any atom is -0.315 e. The molecule has 0 fully saturated rings. The molecule has 3 nitrogen and oxygen atoms in total. The predicted octanol–water partition coefficient (Wildman–Crippen LogP) is -1.95. The molecule has 0 saturated heterocycles. The first-order valence-corrected chi connectivity index (χ1v) is 4.65. The third kappa shape index (κ3) is 2.05. The SMILES string of the molecule is CNC(C)C([SiH3])(NC)NC. The molecule has 0 aromatic heterocycles. The molecule has 0 amide bonds. The molecule has 1 atom stereocenters. The fourth-order valence-electron chi connectivity index (χ4n) is 0.847. The average molecular weight is 161 g/mol. The van der Waals surface area contributed by atoms with Crippen LogP contribution in [-0.2, 0) is 0 Å². The summed E-state index contributed by atoms with van der Waals surface area (Å²) < 4.78 is 0. The fraction of sp³-hybridized carbons (Fsp3) is 1.00. The highest BCUT2D eigenvalue weighted by Crippen LogP contribution is 1.97. The molecule has 62 valence electrons. The van der Waals surface area contributed by atoms with E-state index in [4.69, 9.17) is 0 Å². The van der Waals surface area contributed by atoms with Crippen molar-refractivity contribution in [2.75, 3.05) is 21.1 Å². The van der Waals surface area contributed by atoms with Crippen molar-refractivity contribution in [2.24, 2.45) is 0 Å². The van der Waals surface area contributed by atoms with E-state index in [-0.39, 0.29) is 5.29 Å². The Morgan fingerprint density at radius 2 is 1.60 bits per heavy atom. The molecule has 0 rings (SSSR count). The molecule has 0 aliphatic carbocycles. The Labute approximate surface area is 66.4 Å². The molecular weight excluding hydrogens is 142 g/mol. The summed E-state index contributed by atoms with van der Waals surface area (Å²) in [6.07, 6.45) is 0. The van der Waals surface area contributed by atoms with Gasteiger partial charge in [0.2, 0.25) is 0 Å². The van der Waals surface area contributed by atoms with Gasteiger partial charge in [-0.2, -0.15) is 0 Å². The van der Waals surface area contributed by atoms with Crippen LogP contribution in [0, 0.1) is 0 Å². The van der Waals surface area contributed by atoms with Gasteiger partial charge in [-0.3, -0.25) is 0 Å². The van der Waals surface area contributed by atoms with Gasteiger partial charge < -0.3 is 16.0 Å². The molecule has 0 aliphatic heterocycles.